The molecule has 0 aliphatic carbocycles. The molecule has 0 bridgehead atoms. The van der Waals surface area contributed by atoms with Gasteiger partial charge in [-0.3, -0.25) is 9.48 Å². The van der Waals surface area contributed by atoms with Crippen molar-refractivity contribution in [2.45, 2.75) is 25.9 Å². The van der Waals surface area contributed by atoms with E-state index in [0.29, 0.717) is 12.4 Å². The van der Waals surface area contributed by atoms with Crippen molar-refractivity contribution in [2.75, 3.05) is 25.0 Å². The molecule has 1 fully saturated rings. The predicted molar refractivity (Wildman–Crippen MR) is 110 cm³/mol. The van der Waals surface area contributed by atoms with E-state index in [4.69, 9.17) is 0 Å². The minimum atomic E-state index is -0.843. The van der Waals surface area contributed by atoms with Crippen LogP contribution < -0.4 is 5.32 Å². The lowest BCUT2D eigenvalue weighted by atomic mass is 9.96. The fraction of sp³-hybridized carbons (Fsp3) is 0.429. The van der Waals surface area contributed by atoms with Gasteiger partial charge in [0, 0.05) is 36.7 Å². The molecule has 7 nitrogen and oxygen atoms in total. The zero-order valence-corrected chi connectivity index (χ0v) is 16.7. The predicted octanol–water partition coefficient (Wildman–Crippen LogP) is 3.04. The van der Waals surface area contributed by atoms with E-state index in [9.17, 15) is 9.18 Å². The first kappa shape index (κ1) is 19.4. The zero-order valence-electron chi connectivity index (χ0n) is 16.7. The van der Waals surface area contributed by atoms with E-state index in [0.717, 1.165) is 48.0 Å². The number of likely N-dealkylation sites (tertiary alicyclic amines) is 1. The van der Waals surface area contributed by atoms with E-state index < -0.39 is 6.17 Å². The Morgan fingerprint density at radius 3 is 2.72 bits per heavy atom. The Bertz CT molecular complexity index is 1010. The summed E-state index contributed by atoms with van der Waals surface area (Å²) in [6.07, 6.45) is 4.38. The highest BCUT2D eigenvalue weighted by Gasteiger charge is 2.26. The maximum absolute atomic E-state index is 13.2. The summed E-state index contributed by atoms with van der Waals surface area (Å²) in [7, 11) is 1.88. The molecule has 8 heteroatoms. The van der Waals surface area contributed by atoms with Crippen LogP contribution in [0.4, 0.5) is 10.2 Å². The summed E-state index contributed by atoms with van der Waals surface area (Å²) in [5.41, 5.74) is 2.82. The van der Waals surface area contributed by atoms with Gasteiger partial charge in [0.05, 0.1) is 11.7 Å². The number of fused-ring (bicyclic) bond motifs is 1. The van der Waals surface area contributed by atoms with E-state index >= 15 is 0 Å². The SMILES string of the molecule is C[C@H](F)CN1CCC(C(=O)Nc2cc3cc(-c4cnn(C)c4)ccc3nn2)CC1. The Kier molecular flexibility index (Phi) is 5.53. The Labute approximate surface area is 168 Å². The number of halogens is 1. The third-order valence-corrected chi connectivity index (χ3v) is 5.34. The number of nitrogens with one attached hydrogen (secondary N) is 1. The van der Waals surface area contributed by atoms with E-state index in [1.165, 1.54) is 0 Å². The second kappa shape index (κ2) is 8.24. The number of carbonyl (C=O) groups is 1. The van der Waals surface area contributed by atoms with Crippen LogP contribution in [0.3, 0.4) is 0 Å². The smallest absolute Gasteiger partial charge is 0.228 e. The topological polar surface area (TPSA) is 75.9 Å². The number of piperidine rings is 1. The lowest BCUT2D eigenvalue weighted by Crippen LogP contribution is -2.40. The summed E-state index contributed by atoms with van der Waals surface area (Å²) in [6, 6.07) is 7.77. The van der Waals surface area contributed by atoms with Crippen LogP contribution in [0.1, 0.15) is 19.8 Å². The number of amides is 1. The fourth-order valence-electron chi connectivity index (χ4n) is 3.82. The quantitative estimate of drug-likeness (QED) is 0.717. The molecular weight excluding hydrogens is 371 g/mol. The first-order valence-electron chi connectivity index (χ1n) is 9.92. The first-order chi connectivity index (χ1) is 14.0. The molecule has 152 valence electrons. The maximum atomic E-state index is 13.2. The van der Waals surface area contributed by atoms with Crippen LogP contribution in [-0.2, 0) is 11.8 Å². The highest BCUT2D eigenvalue weighted by Crippen LogP contribution is 2.25. The van der Waals surface area contributed by atoms with Gasteiger partial charge in [-0.05, 0) is 56.6 Å². The number of benzene rings is 1. The average Bonchev–Trinajstić information content (AvgIpc) is 3.14. The van der Waals surface area contributed by atoms with Crippen molar-refractivity contribution < 1.29 is 9.18 Å². The Morgan fingerprint density at radius 2 is 2.03 bits per heavy atom. The number of aromatic nitrogens is 4. The summed E-state index contributed by atoms with van der Waals surface area (Å²) in [5.74, 6) is 0.320. The standard InChI is InChI=1S/C21H25FN6O/c1-14(22)12-28-7-5-15(6-8-28)21(29)24-20-10-17-9-16(3-4-19(17)25-26-20)18-11-23-27(2)13-18/h3-4,9-11,13-15H,5-8,12H2,1-2H3,(H,24,26,29)/t14-/m0/s1. The number of hydrogen-bond acceptors (Lipinski definition) is 5. The van der Waals surface area contributed by atoms with Crippen molar-refractivity contribution in [3.8, 4) is 11.1 Å². The van der Waals surface area contributed by atoms with E-state index in [2.05, 4.69) is 25.5 Å². The largest absolute Gasteiger partial charge is 0.309 e. The first-order valence-corrected chi connectivity index (χ1v) is 9.92. The van der Waals surface area contributed by atoms with Crippen LogP contribution in [-0.4, -0.2) is 56.6 Å². The molecule has 1 amide bonds. The fourth-order valence-corrected chi connectivity index (χ4v) is 3.82. The number of nitrogens with zero attached hydrogens (tertiary/aromatic N) is 5. The van der Waals surface area contributed by atoms with Gasteiger partial charge >= 0.3 is 0 Å². The van der Waals surface area contributed by atoms with Crippen LogP contribution in [0.5, 0.6) is 0 Å². The molecule has 3 aromatic rings. The van der Waals surface area contributed by atoms with Crippen molar-refractivity contribution in [3.63, 3.8) is 0 Å². The second-order valence-corrected chi connectivity index (χ2v) is 7.75. The monoisotopic (exact) mass is 396 g/mol. The summed E-state index contributed by atoms with van der Waals surface area (Å²) >= 11 is 0. The number of alkyl halides is 1. The van der Waals surface area contributed by atoms with Crippen molar-refractivity contribution in [1.29, 1.82) is 0 Å². The number of rotatable bonds is 5. The molecule has 0 spiro atoms. The molecule has 1 atom stereocenters. The molecule has 1 aliphatic heterocycles. The van der Waals surface area contributed by atoms with Gasteiger partial charge < -0.3 is 10.2 Å². The lowest BCUT2D eigenvalue weighted by molar-refractivity contribution is -0.121. The van der Waals surface area contributed by atoms with Gasteiger partial charge in [-0.2, -0.15) is 5.10 Å². The number of anilines is 1. The van der Waals surface area contributed by atoms with Crippen molar-refractivity contribution in [3.05, 3.63) is 36.7 Å². The molecule has 1 aromatic carbocycles. The number of aryl methyl sites for hydroxylation is 1. The molecule has 2 aromatic heterocycles. The van der Waals surface area contributed by atoms with Gasteiger partial charge in [0.2, 0.25) is 5.91 Å². The molecule has 4 rings (SSSR count). The third-order valence-electron chi connectivity index (χ3n) is 5.34. The molecule has 0 radical (unpaired) electrons. The van der Waals surface area contributed by atoms with Gasteiger partial charge in [-0.1, -0.05) is 6.07 Å². The van der Waals surface area contributed by atoms with E-state index in [1.54, 1.807) is 11.6 Å². The molecule has 0 unspecified atom stereocenters. The van der Waals surface area contributed by atoms with Crippen LogP contribution in [0.2, 0.25) is 0 Å². The van der Waals surface area contributed by atoms with Gasteiger partial charge in [0.1, 0.15) is 6.17 Å². The second-order valence-electron chi connectivity index (χ2n) is 7.75. The summed E-state index contributed by atoms with van der Waals surface area (Å²) < 4.78 is 14.9. The number of hydrogen-bond donors (Lipinski definition) is 1. The minimum absolute atomic E-state index is 0.0463. The molecule has 0 saturated carbocycles. The van der Waals surface area contributed by atoms with E-state index in [1.807, 2.05) is 43.7 Å². The van der Waals surface area contributed by atoms with Crippen LogP contribution >= 0.6 is 0 Å². The highest BCUT2D eigenvalue weighted by atomic mass is 19.1. The third kappa shape index (κ3) is 4.59. The van der Waals surface area contributed by atoms with Crippen molar-refractivity contribution in [1.82, 2.24) is 24.9 Å². The van der Waals surface area contributed by atoms with E-state index in [-0.39, 0.29) is 11.8 Å². The van der Waals surface area contributed by atoms with Gasteiger partial charge in [0.25, 0.3) is 0 Å². The molecule has 1 N–H and O–H groups in total. The van der Waals surface area contributed by atoms with Crippen LogP contribution in [0.25, 0.3) is 22.0 Å². The zero-order chi connectivity index (χ0) is 20.4. The average molecular weight is 396 g/mol. The van der Waals surface area contributed by atoms with Gasteiger partial charge in [0.15, 0.2) is 5.82 Å². The van der Waals surface area contributed by atoms with Gasteiger partial charge in [-0.25, -0.2) is 4.39 Å². The highest BCUT2D eigenvalue weighted by molar-refractivity contribution is 5.94. The number of carbonyl (C=O) groups excluding carboxylic acids is 1. The Balaban J connectivity index is 1.44. The summed E-state index contributed by atoms with van der Waals surface area (Å²) in [4.78, 5) is 14.7. The Hall–Kier alpha value is -2.87. The lowest BCUT2D eigenvalue weighted by Gasteiger charge is -2.31. The van der Waals surface area contributed by atoms with Gasteiger partial charge in [-0.15, -0.1) is 10.2 Å². The minimum Gasteiger partial charge on any atom is -0.309 e. The van der Waals surface area contributed by atoms with Crippen LogP contribution in [0, 0.1) is 5.92 Å². The summed E-state index contributed by atoms with van der Waals surface area (Å²) in [6.45, 7) is 3.48. The van der Waals surface area contributed by atoms with Crippen molar-refractivity contribution in [2.24, 2.45) is 13.0 Å². The molecule has 1 saturated heterocycles. The molecule has 3 heterocycles. The van der Waals surface area contributed by atoms with Crippen molar-refractivity contribution >= 4 is 22.6 Å². The normalized spacial score (nSPS) is 16.8. The Morgan fingerprint density at radius 1 is 1.24 bits per heavy atom. The molecular formula is C21H25FN6O. The molecule has 29 heavy (non-hydrogen) atoms. The molecule has 1 aliphatic rings. The maximum Gasteiger partial charge on any atom is 0.228 e. The summed E-state index contributed by atoms with van der Waals surface area (Å²) in [5, 5.41) is 16.4. The van der Waals surface area contributed by atoms with Crippen LogP contribution in [0.15, 0.2) is 36.7 Å².